The van der Waals surface area contributed by atoms with Gasteiger partial charge < -0.3 is 30.1 Å². The highest BCUT2D eigenvalue weighted by molar-refractivity contribution is 5.80. The third-order valence-corrected chi connectivity index (χ3v) is 5.20. The number of phenolic OH excluding ortho intramolecular Hbond substituents is 1. The monoisotopic (exact) mass is 448 g/mol. The molecule has 1 aliphatic rings. The molecule has 0 radical (unpaired) electrons. The van der Waals surface area contributed by atoms with E-state index in [4.69, 9.17) is 4.74 Å². The summed E-state index contributed by atoms with van der Waals surface area (Å²) < 4.78 is 34.2. The third-order valence-electron chi connectivity index (χ3n) is 5.20. The molecule has 1 unspecified atom stereocenters. The molecule has 2 aromatic rings. The van der Waals surface area contributed by atoms with Gasteiger partial charge in [0.1, 0.15) is 5.75 Å². The fourth-order valence-corrected chi connectivity index (χ4v) is 3.69. The molecule has 0 bridgehead atoms. The Kier molecular flexibility index (Phi) is 8.35. The van der Waals surface area contributed by atoms with E-state index < -0.39 is 6.61 Å². The topological polar surface area (TPSA) is 78.4 Å². The number of aromatic hydroxyl groups is 1. The van der Waals surface area contributed by atoms with E-state index in [9.17, 15) is 13.9 Å². The molecule has 9 heteroatoms. The minimum absolute atomic E-state index is 0.0889. The maximum Gasteiger partial charge on any atom is 0.387 e. The summed E-state index contributed by atoms with van der Waals surface area (Å²) in [6.07, 6.45) is 2.00. The van der Waals surface area contributed by atoms with Crippen LogP contribution in [0.1, 0.15) is 25.3 Å². The maximum atomic E-state index is 12.4. The first kappa shape index (κ1) is 23.4. The van der Waals surface area contributed by atoms with Crippen LogP contribution < -0.4 is 25.0 Å². The summed E-state index contributed by atoms with van der Waals surface area (Å²) in [6, 6.07) is 12.2. The van der Waals surface area contributed by atoms with Crippen molar-refractivity contribution in [2.45, 2.75) is 39.0 Å². The van der Waals surface area contributed by atoms with Crippen LogP contribution in [0.2, 0.25) is 0 Å². The molecule has 0 spiro atoms. The average molecular weight is 449 g/mol. The molecule has 3 N–H and O–H groups in total. The first-order valence-electron chi connectivity index (χ1n) is 10.7. The zero-order valence-corrected chi connectivity index (χ0v) is 18.4. The van der Waals surface area contributed by atoms with E-state index in [-0.39, 0.29) is 17.5 Å². The van der Waals surface area contributed by atoms with Crippen LogP contribution in [-0.2, 0) is 6.54 Å². The molecule has 1 saturated heterocycles. The summed E-state index contributed by atoms with van der Waals surface area (Å²) in [7, 11) is 1.51. The van der Waals surface area contributed by atoms with E-state index in [2.05, 4.69) is 25.3 Å². The van der Waals surface area contributed by atoms with Crippen LogP contribution in [0.25, 0.3) is 0 Å². The number of rotatable bonds is 8. The minimum Gasteiger partial charge on any atom is -0.504 e. The Morgan fingerprint density at radius 1 is 1.25 bits per heavy atom. The van der Waals surface area contributed by atoms with E-state index in [1.54, 1.807) is 36.4 Å². The van der Waals surface area contributed by atoms with Gasteiger partial charge in [0.2, 0.25) is 0 Å². The van der Waals surface area contributed by atoms with Crippen molar-refractivity contribution in [3.8, 4) is 17.2 Å². The van der Waals surface area contributed by atoms with Gasteiger partial charge in [0.15, 0.2) is 17.5 Å². The normalized spacial score (nSPS) is 16.7. The molecule has 1 aliphatic heterocycles. The van der Waals surface area contributed by atoms with Gasteiger partial charge in [-0.3, -0.25) is 0 Å². The molecule has 174 valence electrons. The van der Waals surface area contributed by atoms with Crippen molar-refractivity contribution in [1.29, 1.82) is 0 Å². The molecule has 1 atom stereocenters. The van der Waals surface area contributed by atoms with Gasteiger partial charge in [0.25, 0.3) is 0 Å². The Morgan fingerprint density at radius 3 is 2.69 bits per heavy atom. The standard InChI is InChI=1S/C23H30F2N4O3/c1-3-26-23(27-14-16-6-11-21(31-2)20(30)13-16)28-17-5-4-12-29(15-17)18-7-9-19(10-8-18)32-22(24)25/h6-11,13,17,22,30H,3-5,12,14-15H2,1-2H3,(H2,26,27,28). The number of hydrogen-bond donors (Lipinski definition) is 3. The molecule has 0 saturated carbocycles. The van der Waals surface area contributed by atoms with Gasteiger partial charge in [-0.2, -0.15) is 8.78 Å². The molecular weight excluding hydrogens is 418 g/mol. The number of ether oxygens (including phenoxy) is 2. The number of nitrogens with one attached hydrogen (secondary N) is 2. The van der Waals surface area contributed by atoms with Crippen LogP contribution in [0.4, 0.5) is 14.5 Å². The van der Waals surface area contributed by atoms with Crippen molar-refractivity contribution in [2.75, 3.05) is 31.6 Å². The zero-order valence-electron chi connectivity index (χ0n) is 18.4. The van der Waals surface area contributed by atoms with E-state index in [0.29, 0.717) is 18.3 Å². The number of guanidine groups is 1. The van der Waals surface area contributed by atoms with Gasteiger partial charge in [-0.1, -0.05) is 6.07 Å². The Hall–Kier alpha value is -3.23. The number of alkyl halides is 2. The second-order valence-corrected chi connectivity index (χ2v) is 7.50. The Bertz CT molecular complexity index is 893. The maximum absolute atomic E-state index is 12.4. The van der Waals surface area contributed by atoms with E-state index in [1.165, 1.54) is 7.11 Å². The third kappa shape index (κ3) is 6.63. The summed E-state index contributed by atoms with van der Waals surface area (Å²) in [5, 5.41) is 16.7. The zero-order chi connectivity index (χ0) is 22.9. The molecule has 0 amide bonds. The van der Waals surface area contributed by atoms with Crippen molar-refractivity contribution in [2.24, 2.45) is 4.99 Å². The summed E-state index contributed by atoms with van der Waals surface area (Å²) >= 11 is 0. The lowest BCUT2D eigenvalue weighted by atomic mass is 10.0. The van der Waals surface area contributed by atoms with Crippen LogP contribution in [0.5, 0.6) is 17.2 Å². The van der Waals surface area contributed by atoms with Crippen LogP contribution >= 0.6 is 0 Å². The largest absolute Gasteiger partial charge is 0.504 e. The van der Waals surface area contributed by atoms with Crippen molar-refractivity contribution in [1.82, 2.24) is 10.6 Å². The SMILES string of the molecule is CCNC(=NCc1ccc(OC)c(O)c1)NC1CCCN(c2ccc(OC(F)F)cc2)C1. The van der Waals surface area contributed by atoms with Crippen molar-refractivity contribution < 1.29 is 23.4 Å². The molecular formula is C23H30F2N4O3. The molecule has 1 heterocycles. The lowest BCUT2D eigenvalue weighted by molar-refractivity contribution is -0.0498. The predicted molar refractivity (Wildman–Crippen MR) is 121 cm³/mol. The first-order chi connectivity index (χ1) is 15.5. The number of aliphatic imine (C=N–C) groups is 1. The minimum atomic E-state index is -2.82. The predicted octanol–water partition coefficient (Wildman–Crippen LogP) is 3.73. The highest BCUT2D eigenvalue weighted by Crippen LogP contribution is 2.26. The number of benzene rings is 2. The molecule has 1 fully saturated rings. The lowest BCUT2D eigenvalue weighted by Gasteiger charge is -2.35. The number of nitrogens with zero attached hydrogens (tertiary/aromatic N) is 2. The highest BCUT2D eigenvalue weighted by Gasteiger charge is 2.21. The Balaban J connectivity index is 1.61. The fourth-order valence-electron chi connectivity index (χ4n) is 3.69. The molecule has 3 rings (SSSR count). The van der Waals surface area contributed by atoms with Crippen LogP contribution in [0.3, 0.4) is 0 Å². The van der Waals surface area contributed by atoms with E-state index in [1.807, 2.05) is 13.0 Å². The van der Waals surface area contributed by atoms with Crippen molar-refractivity contribution in [3.05, 3.63) is 48.0 Å². The number of piperidine rings is 1. The average Bonchev–Trinajstić information content (AvgIpc) is 2.78. The van der Waals surface area contributed by atoms with Crippen molar-refractivity contribution >= 4 is 11.6 Å². The summed E-state index contributed by atoms with van der Waals surface area (Å²) in [5.74, 6) is 1.38. The number of phenols is 1. The highest BCUT2D eigenvalue weighted by atomic mass is 19.3. The Morgan fingerprint density at radius 2 is 2.03 bits per heavy atom. The van der Waals surface area contributed by atoms with Gasteiger partial charge in [-0.05, 0) is 61.7 Å². The summed E-state index contributed by atoms with van der Waals surface area (Å²) in [6.45, 7) is 1.98. The van der Waals surface area contributed by atoms with E-state index >= 15 is 0 Å². The van der Waals surface area contributed by atoms with Gasteiger partial charge >= 0.3 is 6.61 Å². The van der Waals surface area contributed by atoms with Gasteiger partial charge in [0, 0.05) is 31.4 Å². The number of hydrogen-bond acceptors (Lipinski definition) is 5. The van der Waals surface area contributed by atoms with E-state index in [0.717, 1.165) is 43.7 Å². The second-order valence-electron chi connectivity index (χ2n) is 7.50. The summed E-state index contributed by atoms with van der Waals surface area (Å²) in [5.41, 5.74) is 1.84. The van der Waals surface area contributed by atoms with Crippen LogP contribution in [0.15, 0.2) is 47.5 Å². The second kappa shape index (κ2) is 11.4. The number of halogens is 2. The smallest absolute Gasteiger partial charge is 0.387 e. The Labute approximate surface area is 187 Å². The van der Waals surface area contributed by atoms with Gasteiger partial charge in [-0.25, -0.2) is 4.99 Å². The van der Waals surface area contributed by atoms with Gasteiger partial charge in [0.05, 0.1) is 13.7 Å². The lowest BCUT2D eigenvalue weighted by Crippen LogP contribution is -2.51. The number of anilines is 1. The van der Waals surface area contributed by atoms with Crippen molar-refractivity contribution in [3.63, 3.8) is 0 Å². The molecule has 0 aromatic heterocycles. The molecule has 7 nitrogen and oxygen atoms in total. The van der Waals surface area contributed by atoms with Crippen LogP contribution in [-0.4, -0.2) is 50.5 Å². The quantitative estimate of drug-likeness (QED) is 0.422. The molecule has 32 heavy (non-hydrogen) atoms. The number of methoxy groups -OCH3 is 1. The first-order valence-corrected chi connectivity index (χ1v) is 10.7. The van der Waals surface area contributed by atoms with Crippen LogP contribution in [0, 0.1) is 0 Å². The fraction of sp³-hybridized carbons (Fsp3) is 0.435. The van der Waals surface area contributed by atoms with Gasteiger partial charge in [-0.15, -0.1) is 0 Å². The molecule has 2 aromatic carbocycles. The summed E-state index contributed by atoms with van der Waals surface area (Å²) in [4.78, 5) is 6.87. The molecule has 0 aliphatic carbocycles.